The summed E-state index contributed by atoms with van der Waals surface area (Å²) in [5.41, 5.74) is 8.06. The largest absolute Gasteiger partial charge is 0.398 e. The molecular weight excluding hydrogens is 228 g/mol. The first kappa shape index (κ1) is 12.9. The highest BCUT2D eigenvalue weighted by Gasteiger charge is 2.21. The van der Waals surface area contributed by atoms with Gasteiger partial charge in [0, 0.05) is 25.9 Å². The number of anilines is 1. The summed E-state index contributed by atoms with van der Waals surface area (Å²) in [7, 11) is 1.79. The van der Waals surface area contributed by atoms with Crippen molar-refractivity contribution in [2.24, 2.45) is 0 Å². The van der Waals surface area contributed by atoms with E-state index in [9.17, 15) is 4.79 Å². The van der Waals surface area contributed by atoms with E-state index < -0.39 is 0 Å². The summed E-state index contributed by atoms with van der Waals surface area (Å²) in [5.74, 6) is -0.0389. The molecule has 0 saturated carbocycles. The molecule has 1 atom stereocenters. The third-order valence-electron chi connectivity index (χ3n) is 3.29. The van der Waals surface area contributed by atoms with Crippen LogP contribution in [0.2, 0.25) is 0 Å². The zero-order valence-electron chi connectivity index (χ0n) is 11.0. The molecule has 0 bridgehead atoms. The second-order valence-electron chi connectivity index (χ2n) is 4.91. The van der Waals surface area contributed by atoms with E-state index in [4.69, 9.17) is 10.5 Å². The number of likely N-dealkylation sites (N-methyl/N-ethyl adjacent to an activating group) is 1. The van der Waals surface area contributed by atoms with Gasteiger partial charge >= 0.3 is 0 Å². The minimum absolute atomic E-state index is 0.0389. The summed E-state index contributed by atoms with van der Waals surface area (Å²) in [6.45, 7) is 3.40. The number of nitrogens with two attached hydrogens (primary N) is 1. The van der Waals surface area contributed by atoms with Crippen molar-refractivity contribution >= 4 is 11.6 Å². The third kappa shape index (κ3) is 2.82. The molecule has 4 nitrogen and oxygen atoms in total. The van der Waals surface area contributed by atoms with Crippen molar-refractivity contribution in [2.75, 3.05) is 25.9 Å². The Hall–Kier alpha value is -1.55. The van der Waals surface area contributed by atoms with Crippen molar-refractivity contribution < 1.29 is 9.53 Å². The number of ether oxygens (including phenoxy) is 1. The van der Waals surface area contributed by atoms with Gasteiger partial charge < -0.3 is 15.4 Å². The molecule has 0 aromatic heterocycles. The highest BCUT2D eigenvalue weighted by atomic mass is 16.5. The van der Waals surface area contributed by atoms with Gasteiger partial charge in [0.1, 0.15) is 0 Å². The summed E-state index contributed by atoms with van der Waals surface area (Å²) in [5, 5.41) is 0. The number of hydrogen-bond donors (Lipinski definition) is 1. The van der Waals surface area contributed by atoms with Crippen LogP contribution in [0.3, 0.4) is 0 Å². The average molecular weight is 248 g/mol. The van der Waals surface area contributed by atoms with Crippen LogP contribution in [0.5, 0.6) is 0 Å². The van der Waals surface area contributed by atoms with Crippen molar-refractivity contribution in [1.29, 1.82) is 0 Å². The van der Waals surface area contributed by atoms with Gasteiger partial charge in [-0.2, -0.15) is 0 Å². The smallest absolute Gasteiger partial charge is 0.255 e. The molecule has 18 heavy (non-hydrogen) atoms. The number of carbonyl (C=O) groups excluding carboxylic acids is 1. The Morgan fingerprint density at radius 3 is 2.94 bits per heavy atom. The molecule has 1 unspecified atom stereocenters. The monoisotopic (exact) mass is 248 g/mol. The fourth-order valence-corrected chi connectivity index (χ4v) is 2.26. The Morgan fingerprint density at radius 1 is 1.56 bits per heavy atom. The third-order valence-corrected chi connectivity index (χ3v) is 3.29. The Bertz CT molecular complexity index is 439. The van der Waals surface area contributed by atoms with Gasteiger partial charge in [-0.1, -0.05) is 6.07 Å². The first-order valence-corrected chi connectivity index (χ1v) is 6.31. The fraction of sp³-hybridized carbons (Fsp3) is 0.500. The molecule has 2 N–H and O–H groups in total. The van der Waals surface area contributed by atoms with Crippen LogP contribution in [0, 0.1) is 6.92 Å². The maximum Gasteiger partial charge on any atom is 0.255 e. The standard InChI is InChI=1S/C14H20N2O2/c1-10-5-6-12(13(15)8-10)14(17)16(2)9-11-4-3-7-18-11/h5-6,8,11H,3-4,7,9,15H2,1-2H3. The van der Waals surface area contributed by atoms with E-state index in [1.54, 1.807) is 18.0 Å². The van der Waals surface area contributed by atoms with Crippen LogP contribution in [0.15, 0.2) is 18.2 Å². The summed E-state index contributed by atoms with van der Waals surface area (Å²) >= 11 is 0. The van der Waals surface area contributed by atoms with Crippen LogP contribution < -0.4 is 5.73 Å². The first-order chi connectivity index (χ1) is 8.58. The van der Waals surface area contributed by atoms with Crippen LogP contribution >= 0.6 is 0 Å². The van der Waals surface area contributed by atoms with E-state index in [0.717, 1.165) is 25.0 Å². The molecule has 1 aliphatic rings. The second-order valence-corrected chi connectivity index (χ2v) is 4.91. The minimum atomic E-state index is -0.0389. The van der Waals surface area contributed by atoms with E-state index >= 15 is 0 Å². The molecule has 2 rings (SSSR count). The number of nitrogen functional groups attached to an aromatic ring is 1. The fourth-order valence-electron chi connectivity index (χ4n) is 2.26. The van der Waals surface area contributed by atoms with Crippen LogP contribution in [-0.2, 0) is 4.74 Å². The van der Waals surface area contributed by atoms with E-state index in [0.29, 0.717) is 17.8 Å². The molecule has 0 radical (unpaired) electrons. The lowest BCUT2D eigenvalue weighted by Gasteiger charge is -2.21. The molecule has 1 aromatic rings. The lowest BCUT2D eigenvalue weighted by Crippen LogP contribution is -2.34. The van der Waals surface area contributed by atoms with Crippen molar-refractivity contribution in [1.82, 2.24) is 4.90 Å². The normalized spacial score (nSPS) is 18.9. The van der Waals surface area contributed by atoms with Gasteiger partial charge in [0.15, 0.2) is 0 Å². The number of amides is 1. The summed E-state index contributed by atoms with van der Waals surface area (Å²) in [6.07, 6.45) is 2.28. The van der Waals surface area contributed by atoms with Crippen LogP contribution in [-0.4, -0.2) is 37.1 Å². The molecule has 1 amide bonds. The Kier molecular flexibility index (Phi) is 3.87. The number of hydrogen-bond acceptors (Lipinski definition) is 3. The SMILES string of the molecule is Cc1ccc(C(=O)N(C)CC2CCCO2)c(N)c1. The molecule has 4 heteroatoms. The van der Waals surface area contributed by atoms with Gasteiger partial charge in [-0.25, -0.2) is 0 Å². The van der Waals surface area contributed by atoms with Gasteiger partial charge in [0.2, 0.25) is 0 Å². The van der Waals surface area contributed by atoms with Crippen molar-refractivity contribution in [2.45, 2.75) is 25.9 Å². The molecular formula is C14H20N2O2. The number of aryl methyl sites for hydroxylation is 1. The summed E-state index contributed by atoms with van der Waals surface area (Å²) in [4.78, 5) is 13.9. The zero-order chi connectivity index (χ0) is 13.1. The number of rotatable bonds is 3. The van der Waals surface area contributed by atoms with Crippen molar-refractivity contribution in [3.05, 3.63) is 29.3 Å². The molecule has 98 valence electrons. The Balaban J connectivity index is 2.05. The second kappa shape index (κ2) is 5.40. The van der Waals surface area contributed by atoms with Crippen LogP contribution in [0.4, 0.5) is 5.69 Å². The first-order valence-electron chi connectivity index (χ1n) is 6.31. The zero-order valence-corrected chi connectivity index (χ0v) is 11.0. The van der Waals surface area contributed by atoms with E-state index in [2.05, 4.69) is 0 Å². The van der Waals surface area contributed by atoms with E-state index in [1.807, 2.05) is 19.1 Å². The van der Waals surface area contributed by atoms with Crippen LogP contribution in [0.25, 0.3) is 0 Å². The Morgan fingerprint density at radius 2 is 2.33 bits per heavy atom. The van der Waals surface area contributed by atoms with Crippen molar-refractivity contribution in [3.8, 4) is 0 Å². The molecule has 1 heterocycles. The molecule has 1 aliphatic heterocycles. The quantitative estimate of drug-likeness (QED) is 0.830. The maximum absolute atomic E-state index is 12.3. The highest BCUT2D eigenvalue weighted by molar-refractivity contribution is 5.99. The molecule has 0 spiro atoms. The van der Waals surface area contributed by atoms with Gasteiger partial charge in [-0.3, -0.25) is 4.79 Å². The molecule has 1 saturated heterocycles. The van der Waals surface area contributed by atoms with E-state index in [-0.39, 0.29) is 12.0 Å². The summed E-state index contributed by atoms with van der Waals surface area (Å²) in [6, 6.07) is 5.52. The predicted octanol–water partition coefficient (Wildman–Crippen LogP) is 1.83. The number of benzene rings is 1. The van der Waals surface area contributed by atoms with Gasteiger partial charge in [-0.05, 0) is 37.5 Å². The Labute approximate surface area is 108 Å². The molecule has 0 aliphatic carbocycles. The lowest BCUT2D eigenvalue weighted by molar-refractivity contribution is 0.0588. The van der Waals surface area contributed by atoms with Crippen molar-refractivity contribution in [3.63, 3.8) is 0 Å². The average Bonchev–Trinajstić information content (AvgIpc) is 2.81. The lowest BCUT2D eigenvalue weighted by atomic mass is 10.1. The number of carbonyl (C=O) groups is 1. The minimum Gasteiger partial charge on any atom is -0.398 e. The van der Waals surface area contributed by atoms with Gasteiger partial charge in [0.05, 0.1) is 11.7 Å². The van der Waals surface area contributed by atoms with E-state index in [1.165, 1.54) is 0 Å². The molecule has 1 aromatic carbocycles. The molecule has 1 fully saturated rings. The topological polar surface area (TPSA) is 55.6 Å². The predicted molar refractivity (Wildman–Crippen MR) is 71.5 cm³/mol. The highest BCUT2D eigenvalue weighted by Crippen LogP contribution is 2.18. The maximum atomic E-state index is 12.3. The van der Waals surface area contributed by atoms with Gasteiger partial charge in [0.25, 0.3) is 5.91 Å². The summed E-state index contributed by atoms with van der Waals surface area (Å²) < 4.78 is 5.53. The van der Waals surface area contributed by atoms with Gasteiger partial charge in [-0.15, -0.1) is 0 Å². The van der Waals surface area contributed by atoms with Crippen LogP contribution in [0.1, 0.15) is 28.8 Å². The number of nitrogens with zero attached hydrogens (tertiary/aromatic N) is 1.